The monoisotopic (exact) mass is 388 g/mol. The van der Waals surface area contributed by atoms with Crippen LogP contribution in [0.25, 0.3) is 0 Å². The summed E-state index contributed by atoms with van der Waals surface area (Å²) in [6.07, 6.45) is 5.80. The molecule has 0 aromatic heterocycles. The zero-order valence-corrected chi connectivity index (χ0v) is 18.5. The Hall–Kier alpha value is -0.414. The van der Waals surface area contributed by atoms with Gasteiger partial charge in [-0.25, -0.2) is 0 Å². The van der Waals surface area contributed by atoms with E-state index in [0.29, 0.717) is 5.75 Å². The predicted octanol–water partition coefficient (Wildman–Crippen LogP) is 0.926. The molecule has 0 atom stereocenters. The van der Waals surface area contributed by atoms with E-state index in [9.17, 15) is 13.5 Å². The van der Waals surface area contributed by atoms with Crippen molar-refractivity contribution in [1.82, 2.24) is 0 Å². The van der Waals surface area contributed by atoms with E-state index in [2.05, 4.69) is 6.92 Å². The van der Waals surface area contributed by atoms with E-state index in [1.165, 1.54) is 30.9 Å². The van der Waals surface area contributed by atoms with Crippen LogP contribution in [-0.2, 0) is 16.5 Å². The first-order chi connectivity index (χ1) is 11.4. The Bertz CT molecular complexity index is 773. The summed E-state index contributed by atoms with van der Waals surface area (Å²) in [5.74, 6) is 0.0256. The van der Waals surface area contributed by atoms with Gasteiger partial charge in [-0.05, 0) is 42.7 Å². The number of unbranched alkanes of at least 4 members (excludes halogenated alkanes) is 3. The number of benzene rings is 2. The average molecular weight is 389 g/mol. The van der Waals surface area contributed by atoms with Gasteiger partial charge >= 0.3 is 51.4 Å². The van der Waals surface area contributed by atoms with Crippen LogP contribution in [0.2, 0.25) is 0 Å². The van der Waals surface area contributed by atoms with Crippen molar-refractivity contribution in [2.24, 2.45) is 0 Å². The number of rotatable bonds is 8. The van der Waals surface area contributed by atoms with Gasteiger partial charge in [0.05, 0.1) is 4.90 Å². The number of hydrogen-bond donors (Lipinski definition) is 1. The molecule has 2 aromatic rings. The summed E-state index contributed by atoms with van der Waals surface area (Å²) in [6, 6.07) is 10.6. The van der Waals surface area contributed by atoms with Crippen molar-refractivity contribution in [3.05, 3.63) is 48.0 Å². The van der Waals surface area contributed by atoms with E-state index in [1.807, 2.05) is 12.1 Å². The summed E-state index contributed by atoms with van der Waals surface area (Å²) < 4.78 is 36.8. The van der Waals surface area contributed by atoms with Gasteiger partial charge in [0.2, 0.25) is 0 Å². The maximum atomic E-state index is 11.5. The summed E-state index contributed by atoms with van der Waals surface area (Å²) in [4.78, 5) is -0.474. The Morgan fingerprint density at radius 3 is 2.28 bits per heavy atom. The van der Waals surface area contributed by atoms with Gasteiger partial charge in [0.15, 0.2) is 0 Å². The van der Waals surface area contributed by atoms with E-state index >= 15 is 0 Å². The third kappa shape index (κ3) is 7.78. The van der Waals surface area contributed by atoms with Gasteiger partial charge in [-0.3, -0.25) is 4.55 Å². The summed E-state index contributed by atoms with van der Waals surface area (Å²) in [6.45, 7) is 2.18. The van der Waals surface area contributed by atoms with Gasteiger partial charge in [-0.1, -0.05) is 38.3 Å². The molecule has 7 heteroatoms. The molecule has 0 aliphatic rings. The van der Waals surface area contributed by atoms with Crippen molar-refractivity contribution >= 4 is 10.1 Å². The quantitative estimate of drug-likeness (QED) is 0.413. The molecule has 2 rings (SSSR count). The molecule has 1 N–H and O–H groups in total. The Morgan fingerprint density at radius 2 is 1.68 bits per heavy atom. The molecule has 0 spiro atoms. The fraction of sp³-hybridized carbons (Fsp3) is 0.333. The fourth-order valence-corrected chi connectivity index (χ4v) is 2.90. The molecule has 5 nitrogen and oxygen atoms in total. The third-order valence-electron chi connectivity index (χ3n) is 3.63. The van der Waals surface area contributed by atoms with Crippen LogP contribution < -0.4 is 61.2 Å². The summed E-state index contributed by atoms with van der Waals surface area (Å²) >= 11 is 0. The molecular weight excluding hydrogens is 367 g/mol. The standard InChI is InChI=1S/C18H22O5S.K/c1-2-3-4-5-6-14-7-9-16(10-8-14)23-17-11-15(19)12-18(13-17)24(20,21)22;/h7-13,19H,2-6H2,1H3,(H,20,21,22);/q;+1/p-1. The second-order valence-electron chi connectivity index (χ2n) is 5.67. The Morgan fingerprint density at radius 1 is 1.00 bits per heavy atom. The number of aryl methyl sites for hydroxylation is 1. The van der Waals surface area contributed by atoms with E-state index in [1.54, 1.807) is 12.1 Å². The smallest absolute Gasteiger partial charge is 0.872 e. The van der Waals surface area contributed by atoms with Gasteiger partial charge in [0.25, 0.3) is 10.1 Å². The van der Waals surface area contributed by atoms with E-state index in [0.717, 1.165) is 25.0 Å². The Balaban J connectivity index is 0.00000312. The molecule has 0 aliphatic carbocycles. The van der Waals surface area contributed by atoms with Gasteiger partial charge in [0.1, 0.15) is 11.5 Å². The predicted molar refractivity (Wildman–Crippen MR) is 90.1 cm³/mol. The Labute approximate surface area is 191 Å². The minimum absolute atomic E-state index is 0. The average Bonchev–Trinajstić information content (AvgIpc) is 2.52. The second-order valence-corrected chi connectivity index (χ2v) is 7.09. The molecular formula is C18H21KO5S. The van der Waals surface area contributed by atoms with E-state index in [4.69, 9.17) is 9.29 Å². The van der Waals surface area contributed by atoms with Crippen LogP contribution in [0.15, 0.2) is 47.4 Å². The van der Waals surface area contributed by atoms with Gasteiger partial charge in [-0.2, -0.15) is 8.42 Å². The molecule has 0 amide bonds. The van der Waals surface area contributed by atoms with Gasteiger partial charge in [0, 0.05) is 6.07 Å². The van der Waals surface area contributed by atoms with Gasteiger partial charge < -0.3 is 9.84 Å². The minimum Gasteiger partial charge on any atom is -0.872 e. The van der Waals surface area contributed by atoms with Crippen molar-refractivity contribution in [2.75, 3.05) is 0 Å². The largest absolute Gasteiger partial charge is 1.00 e. The maximum absolute atomic E-state index is 11.5. The molecule has 0 saturated carbocycles. The SMILES string of the molecule is CCCCCCc1ccc(Oc2cc([O-])cc(S(=O)(=O)O)c2)cc1.[K+]. The van der Waals surface area contributed by atoms with Crippen LogP contribution in [-0.4, -0.2) is 13.0 Å². The van der Waals surface area contributed by atoms with Crippen LogP contribution in [0.4, 0.5) is 0 Å². The maximum Gasteiger partial charge on any atom is 1.00 e. The number of hydrogen-bond acceptors (Lipinski definition) is 4. The number of ether oxygens (including phenoxy) is 1. The topological polar surface area (TPSA) is 86.7 Å². The molecule has 0 aliphatic heterocycles. The van der Waals surface area contributed by atoms with E-state index < -0.39 is 20.8 Å². The van der Waals surface area contributed by atoms with Crippen molar-refractivity contribution in [3.8, 4) is 17.2 Å². The first kappa shape index (κ1) is 22.6. The van der Waals surface area contributed by atoms with Crippen LogP contribution >= 0.6 is 0 Å². The summed E-state index contributed by atoms with van der Waals surface area (Å²) in [5.41, 5.74) is 1.20. The fourth-order valence-electron chi connectivity index (χ4n) is 2.37. The second kappa shape index (κ2) is 10.7. The van der Waals surface area contributed by atoms with Crippen LogP contribution in [0, 0.1) is 0 Å². The van der Waals surface area contributed by atoms with Crippen LogP contribution in [0.1, 0.15) is 38.2 Å². The summed E-state index contributed by atoms with van der Waals surface area (Å²) in [7, 11) is -4.44. The van der Waals surface area contributed by atoms with Crippen molar-refractivity contribution in [2.45, 2.75) is 43.9 Å². The van der Waals surface area contributed by atoms with Crippen molar-refractivity contribution < 1.29 is 74.2 Å². The zero-order valence-electron chi connectivity index (χ0n) is 14.6. The molecule has 2 aromatic carbocycles. The molecule has 0 heterocycles. The van der Waals surface area contributed by atoms with Crippen molar-refractivity contribution in [3.63, 3.8) is 0 Å². The van der Waals surface area contributed by atoms with Crippen LogP contribution in [0.3, 0.4) is 0 Å². The van der Waals surface area contributed by atoms with E-state index in [-0.39, 0.29) is 57.1 Å². The third-order valence-corrected chi connectivity index (χ3v) is 4.46. The minimum atomic E-state index is -4.44. The molecule has 25 heavy (non-hydrogen) atoms. The molecule has 0 bridgehead atoms. The first-order valence-electron chi connectivity index (χ1n) is 7.95. The zero-order chi connectivity index (χ0) is 17.6. The van der Waals surface area contributed by atoms with Gasteiger partial charge in [-0.15, -0.1) is 5.75 Å². The molecule has 130 valence electrons. The normalized spacial score (nSPS) is 11.0. The summed E-state index contributed by atoms with van der Waals surface area (Å²) in [5, 5.41) is 11.5. The van der Waals surface area contributed by atoms with Crippen molar-refractivity contribution in [1.29, 1.82) is 0 Å². The molecule has 0 fully saturated rings. The first-order valence-corrected chi connectivity index (χ1v) is 9.39. The Kier molecular flexibility index (Phi) is 9.65. The molecule has 0 saturated heterocycles. The molecule has 0 radical (unpaired) electrons. The molecule has 0 unspecified atom stereocenters. The van der Waals surface area contributed by atoms with Crippen LogP contribution in [0.5, 0.6) is 17.2 Å².